The van der Waals surface area contributed by atoms with Gasteiger partial charge in [0.05, 0.1) is 5.01 Å². The molecule has 1 atom stereocenters. The van der Waals surface area contributed by atoms with Crippen molar-refractivity contribution in [1.29, 1.82) is 0 Å². The van der Waals surface area contributed by atoms with Gasteiger partial charge in [0.15, 0.2) is 0 Å². The van der Waals surface area contributed by atoms with Gasteiger partial charge in [-0.2, -0.15) is 0 Å². The van der Waals surface area contributed by atoms with Crippen LogP contribution < -0.4 is 11.1 Å². The summed E-state index contributed by atoms with van der Waals surface area (Å²) >= 11 is 1.53. The number of aromatic nitrogens is 1. The minimum atomic E-state index is -0.116. The van der Waals surface area contributed by atoms with Crippen LogP contribution in [0.15, 0.2) is 5.38 Å². The summed E-state index contributed by atoms with van der Waals surface area (Å²) in [5.41, 5.74) is 6.17. The van der Waals surface area contributed by atoms with Crippen molar-refractivity contribution in [2.24, 2.45) is 11.7 Å². The molecule has 1 aromatic rings. The molecule has 0 fully saturated rings. The standard InChI is InChI=1S/C13H23N3OS.2ClH/c1-8(2)5-10(6-14)15-12(17)11-7-18-13(16-11)9(3)4;;/h7-10H,5-6,14H2,1-4H3,(H,15,17);2*1H. The number of hydrogen-bond acceptors (Lipinski definition) is 4. The van der Waals surface area contributed by atoms with Crippen molar-refractivity contribution in [3.63, 3.8) is 0 Å². The van der Waals surface area contributed by atoms with Crippen molar-refractivity contribution in [2.75, 3.05) is 6.54 Å². The predicted molar refractivity (Wildman–Crippen MR) is 90.5 cm³/mol. The summed E-state index contributed by atoms with van der Waals surface area (Å²) < 4.78 is 0. The first kappa shape index (κ1) is 21.9. The zero-order chi connectivity index (χ0) is 13.7. The van der Waals surface area contributed by atoms with Gasteiger partial charge in [-0.3, -0.25) is 4.79 Å². The lowest BCUT2D eigenvalue weighted by Crippen LogP contribution is -2.41. The molecule has 0 saturated carbocycles. The maximum absolute atomic E-state index is 12.0. The quantitative estimate of drug-likeness (QED) is 0.834. The molecule has 0 saturated heterocycles. The predicted octanol–water partition coefficient (Wildman–Crippen LogP) is 3.21. The normalized spacial score (nSPS) is 11.8. The highest BCUT2D eigenvalue weighted by molar-refractivity contribution is 7.09. The van der Waals surface area contributed by atoms with Gasteiger partial charge >= 0.3 is 0 Å². The zero-order valence-electron chi connectivity index (χ0n) is 12.4. The van der Waals surface area contributed by atoms with Crippen LogP contribution in [0, 0.1) is 5.92 Å². The van der Waals surface area contributed by atoms with Crippen molar-refractivity contribution in [2.45, 2.75) is 46.1 Å². The first-order valence-electron chi connectivity index (χ1n) is 6.40. The van der Waals surface area contributed by atoms with E-state index in [2.05, 4.69) is 38.0 Å². The van der Waals surface area contributed by atoms with Crippen LogP contribution in [-0.4, -0.2) is 23.5 Å². The minimum Gasteiger partial charge on any atom is -0.347 e. The Kier molecular flexibility index (Phi) is 11.4. The molecule has 0 bridgehead atoms. The number of thiazole rings is 1. The fraction of sp³-hybridized carbons (Fsp3) is 0.692. The summed E-state index contributed by atoms with van der Waals surface area (Å²) in [6.07, 6.45) is 0.892. The Labute approximate surface area is 137 Å². The smallest absolute Gasteiger partial charge is 0.271 e. The monoisotopic (exact) mass is 341 g/mol. The molecule has 118 valence electrons. The SMILES string of the molecule is CC(C)CC(CN)NC(=O)c1csc(C(C)C)n1.Cl.Cl. The third kappa shape index (κ3) is 6.88. The molecule has 7 heteroatoms. The molecule has 0 aliphatic carbocycles. The largest absolute Gasteiger partial charge is 0.347 e. The van der Waals surface area contributed by atoms with Crippen LogP contribution in [0.4, 0.5) is 0 Å². The van der Waals surface area contributed by atoms with E-state index in [0.717, 1.165) is 11.4 Å². The summed E-state index contributed by atoms with van der Waals surface area (Å²) in [7, 11) is 0. The van der Waals surface area contributed by atoms with Crippen LogP contribution in [0.1, 0.15) is 55.5 Å². The van der Waals surface area contributed by atoms with E-state index in [9.17, 15) is 4.79 Å². The molecule has 1 amide bonds. The number of rotatable bonds is 6. The molecule has 0 spiro atoms. The van der Waals surface area contributed by atoms with Gasteiger partial charge in [0, 0.05) is 23.9 Å². The molecule has 4 nitrogen and oxygen atoms in total. The summed E-state index contributed by atoms with van der Waals surface area (Å²) in [6.45, 7) is 8.85. The lowest BCUT2D eigenvalue weighted by Gasteiger charge is -2.18. The van der Waals surface area contributed by atoms with Gasteiger partial charge in [-0.1, -0.05) is 27.7 Å². The van der Waals surface area contributed by atoms with Crippen LogP contribution in [0.25, 0.3) is 0 Å². The van der Waals surface area contributed by atoms with Gasteiger partial charge in [-0.15, -0.1) is 36.2 Å². The fourth-order valence-electron chi connectivity index (χ4n) is 1.70. The first-order valence-corrected chi connectivity index (χ1v) is 7.28. The topological polar surface area (TPSA) is 68.0 Å². The van der Waals surface area contributed by atoms with Crippen LogP contribution in [0.5, 0.6) is 0 Å². The number of nitrogens with two attached hydrogens (primary N) is 1. The molecule has 1 rings (SSSR count). The first-order chi connectivity index (χ1) is 8.43. The third-order valence-corrected chi connectivity index (χ3v) is 3.77. The Morgan fingerprint density at radius 2 is 1.95 bits per heavy atom. The van der Waals surface area contributed by atoms with Crippen molar-refractivity contribution in [1.82, 2.24) is 10.3 Å². The summed E-state index contributed by atoms with van der Waals surface area (Å²) in [5.74, 6) is 0.757. The second kappa shape index (κ2) is 10.4. The second-order valence-electron chi connectivity index (χ2n) is 5.26. The molecule has 3 N–H and O–H groups in total. The second-order valence-corrected chi connectivity index (χ2v) is 6.15. The number of carbonyl (C=O) groups excluding carboxylic acids is 1. The van der Waals surface area contributed by atoms with Gasteiger partial charge in [0.25, 0.3) is 5.91 Å². The van der Waals surface area contributed by atoms with E-state index in [1.807, 2.05) is 5.38 Å². The number of carbonyl (C=O) groups is 1. The average molecular weight is 342 g/mol. The van der Waals surface area contributed by atoms with Gasteiger partial charge in [-0.25, -0.2) is 4.98 Å². The zero-order valence-corrected chi connectivity index (χ0v) is 14.8. The fourth-order valence-corrected chi connectivity index (χ4v) is 2.51. The van der Waals surface area contributed by atoms with Crippen molar-refractivity contribution < 1.29 is 4.79 Å². The molecule has 20 heavy (non-hydrogen) atoms. The van der Waals surface area contributed by atoms with Crippen molar-refractivity contribution >= 4 is 42.1 Å². The number of halogens is 2. The van der Waals surface area contributed by atoms with Crippen LogP contribution in [0.2, 0.25) is 0 Å². The highest BCUT2D eigenvalue weighted by atomic mass is 35.5. The third-order valence-electron chi connectivity index (χ3n) is 2.62. The number of hydrogen-bond donors (Lipinski definition) is 2. The molecule has 0 radical (unpaired) electrons. The molecule has 1 heterocycles. The van der Waals surface area contributed by atoms with E-state index in [1.165, 1.54) is 11.3 Å². The number of nitrogens with zero attached hydrogens (tertiary/aromatic N) is 1. The van der Waals surface area contributed by atoms with E-state index in [0.29, 0.717) is 24.1 Å². The maximum atomic E-state index is 12.0. The number of amides is 1. The highest BCUT2D eigenvalue weighted by Crippen LogP contribution is 2.19. The Balaban J connectivity index is 0. The van der Waals surface area contributed by atoms with E-state index < -0.39 is 0 Å². The molecule has 0 aromatic carbocycles. The Morgan fingerprint density at radius 3 is 2.35 bits per heavy atom. The molecule has 1 aromatic heterocycles. The van der Waals surface area contributed by atoms with Crippen LogP contribution >= 0.6 is 36.2 Å². The Morgan fingerprint density at radius 1 is 1.35 bits per heavy atom. The van der Waals surface area contributed by atoms with E-state index in [4.69, 9.17) is 5.73 Å². The van der Waals surface area contributed by atoms with Crippen molar-refractivity contribution in [3.05, 3.63) is 16.1 Å². The highest BCUT2D eigenvalue weighted by Gasteiger charge is 2.16. The lowest BCUT2D eigenvalue weighted by atomic mass is 10.0. The van der Waals surface area contributed by atoms with Crippen LogP contribution in [0.3, 0.4) is 0 Å². The Bertz CT molecular complexity index is 397. The Hall–Kier alpha value is -0.360. The lowest BCUT2D eigenvalue weighted by molar-refractivity contribution is 0.0929. The molecular formula is C13H25Cl2N3OS. The van der Waals surface area contributed by atoms with Gasteiger partial charge < -0.3 is 11.1 Å². The molecule has 0 aliphatic rings. The van der Waals surface area contributed by atoms with Gasteiger partial charge in [-0.05, 0) is 12.3 Å². The molecule has 0 aliphatic heterocycles. The van der Waals surface area contributed by atoms with E-state index in [1.54, 1.807) is 0 Å². The molecule has 1 unspecified atom stereocenters. The van der Waals surface area contributed by atoms with Crippen LogP contribution in [-0.2, 0) is 0 Å². The summed E-state index contributed by atoms with van der Waals surface area (Å²) in [4.78, 5) is 16.4. The average Bonchev–Trinajstić information content (AvgIpc) is 2.76. The van der Waals surface area contributed by atoms with E-state index in [-0.39, 0.29) is 36.8 Å². The van der Waals surface area contributed by atoms with Gasteiger partial charge in [0.1, 0.15) is 5.69 Å². The van der Waals surface area contributed by atoms with Crippen molar-refractivity contribution in [3.8, 4) is 0 Å². The summed E-state index contributed by atoms with van der Waals surface area (Å²) in [6, 6.07) is 0.0294. The van der Waals surface area contributed by atoms with Gasteiger partial charge in [0.2, 0.25) is 0 Å². The summed E-state index contributed by atoms with van der Waals surface area (Å²) in [5, 5.41) is 5.75. The maximum Gasteiger partial charge on any atom is 0.271 e. The van der Waals surface area contributed by atoms with E-state index >= 15 is 0 Å². The molecular weight excluding hydrogens is 317 g/mol. The number of nitrogens with one attached hydrogen (secondary N) is 1. The minimum absolute atomic E-state index is 0.